The fraction of sp³-hybridized carbons (Fsp3) is 0.647. The number of nitrogens with zero attached hydrogens (tertiary/aromatic N) is 1. The summed E-state index contributed by atoms with van der Waals surface area (Å²) < 4.78 is 0.977. The molecule has 21 heavy (non-hydrogen) atoms. The molecule has 118 valence electrons. The fourth-order valence-electron chi connectivity index (χ4n) is 3.79. The van der Waals surface area contributed by atoms with Crippen LogP contribution in [0.3, 0.4) is 0 Å². The minimum atomic E-state index is -0.362. The normalized spacial score (nSPS) is 19.1. The molecule has 0 spiro atoms. The van der Waals surface area contributed by atoms with E-state index < -0.39 is 0 Å². The van der Waals surface area contributed by atoms with Crippen LogP contribution in [-0.2, 0) is 6.42 Å². The topological polar surface area (TPSA) is 23.5 Å². The van der Waals surface area contributed by atoms with E-state index in [-0.39, 0.29) is 11.6 Å². The van der Waals surface area contributed by atoms with Crippen molar-refractivity contribution in [2.45, 2.75) is 57.6 Å². The second-order valence-corrected chi connectivity index (χ2v) is 7.26. The number of aliphatic hydroxyl groups is 1. The zero-order valence-corrected chi connectivity index (χ0v) is 15.3. The first kappa shape index (κ1) is 17.3. The van der Waals surface area contributed by atoms with Crippen LogP contribution in [0.4, 0.5) is 0 Å². The lowest BCUT2D eigenvalue weighted by Gasteiger charge is -2.44. The lowest BCUT2D eigenvalue weighted by atomic mass is 9.84. The molecule has 1 N–H and O–H groups in total. The van der Waals surface area contributed by atoms with E-state index in [1.54, 1.807) is 0 Å². The van der Waals surface area contributed by atoms with Crippen molar-refractivity contribution in [3.05, 3.63) is 33.3 Å². The van der Waals surface area contributed by atoms with Gasteiger partial charge in [-0.05, 0) is 43.6 Å². The lowest BCUT2D eigenvalue weighted by molar-refractivity contribution is -0.0244. The second-order valence-electron chi connectivity index (χ2n) is 5.94. The van der Waals surface area contributed by atoms with E-state index in [1.807, 2.05) is 18.2 Å². The van der Waals surface area contributed by atoms with Gasteiger partial charge in [-0.2, -0.15) is 0 Å². The van der Waals surface area contributed by atoms with Crippen molar-refractivity contribution in [1.82, 2.24) is 4.90 Å². The Hall–Kier alpha value is -0.0900. The van der Waals surface area contributed by atoms with Crippen LogP contribution in [0, 0.1) is 0 Å². The monoisotopic (exact) mass is 373 g/mol. The van der Waals surface area contributed by atoms with Gasteiger partial charge in [0.05, 0.1) is 6.10 Å². The maximum Gasteiger partial charge on any atom is 0.0764 e. The largest absolute Gasteiger partial charge is 0.391 e. The van der Waals surface area contributed by atoms with E-state index in [2.05, 4.69) is 34.7 Å². The van der Waals surface area contributed by atoms with Crippen LogP contribution in [0.15, 0.2) is 22.7 Å². The Morgan fingerprint density at radius 3 is 2.43 bits per heavy atom. The summed E-state index contributed by atoms with van der Waals surface area (Å²) in [4.78, 5) is 2.44. The van der Waals surface area contributed by atoms with Gasteiger partial charge in [-0.1, -0.05) is 60.3 Å². The second kappa shape index (κ2) is 7.45. The minimum Gasteiger partial charge on any atom is -0.391 e. The zero-order chi connectivity index (χ0) is 15.5. The number of hydrogen-bond donors (Lipinski definition) is 1. The van der Waals surface area contributed by atoms with Gasteiger partial charge in [0.1, 0.15) is 0 Å². The van der Waals surface area contributed by atoms with Crippen molar-refractivity contribution in [3.63, 3.8) is 0 Å². The molecule has 0 aromatic heterocycles. The minimum absolute atomic E-state index is 0.0695. The number of benzene rings is 1. The average molecular weight is 375 g/mol. The van der Waals surface area contributed by atoms with Crippen molar-refractivity contribution >= 4 is 27.5 Å². The van der Waals surface area contributed by atoms with E-state index in [0.29, 0.717) is 6.42 Å². The molecule has 1 atom stereocenters. The molecule has 0 saturated heterocycles. The summed E-state index contributed by atoms with van der Waals surface area (Å²) in [6, 6.07) is 5.91. The van der Waals surface area contributed by atoms with Gasteiger partial charge in [0, 0.05) is 21.5 Å². The first-order valence-electron chi connectivity index (χ1n) is 7.90. The summed E-state index contributed by atoms with van der Waals surface area (Å²) in [5.74, 6) is 0. The van der Waals surface area contributed by atoms with Gasteiger partial charge in [-0.3, -0.25) is 4.90 Å². The van der Waals surface area contributed by atoms with Crippen molar-refractivity contribution in [3.8, 4) is 0 Å². The Morgan fingerprint density at radius 1 is 1.29 bits per heavy atom. The van der Waals surface area contributed by atoms with Gasteiger partial charge in [0.25, 0.3) is 0 Å². The van der Waals surface area contributed by atoms with Crippen molar-refractivity contribution in [2.24, 2.45) is 0 Å². The highest BCUT2D eigenvalue weighted by molar-refractivity contribution is 9.10. The Bertz CT molecular complexity index is 470. The van der Waals surface area contributed by atoms with E-state index in [0.717, 1.165) is 41.0 Å². The standard InChI is InChI=1S/C17H25BrClNO/c1-3-20(4-2)17(9-5-6-10-17)16(21)11-13-7-8-14(18)12-15(13)19/h7-8,12,16,21H,3-6,9-11H2,1-2H3. The highest BCUT2D eigenvalue weighted by Gasteiger charge is 2.44. The first-order valence-corrected chi connectivity index (χ1v) is 9.07. The van der Waals surface area contributed by atoms with E-state index in [1.165, 1.54) is 12.8 Å². The smallest absolute Gasteiger partial charge is 0.0764 e. The third kappa shape index (κ3) is 3.64. The van der Waals surface area contributed by atoms with Gasteiger partial charge >= 0.3 is 0 Å². The molecule has 0 bridgehead atoms. The summed E-state index contributed by atoms with van der Waals surface area (Å²) in [5, 5.41) is 11.7. The molecular weight excluding hydrogens is 350 g/mol. The quantitative estimate of drug-likeness (QED) is 0.782. The van der Waals surface area contributed by atoms with Crippen LogP contribution in [0.2, 0.25) is 5.02 Å². The van der Waals surface area contributed by atoms with E-state index in [9.17, 15) is 5.11 Å². The Labute approximate surface area is 141 Å². The molecule has 0 radical (unpaired) electrons. The summed E-state index contributed by atoms with van der Waals surface area (Å²) >= 11 is 9.75. The van der Waals surface area contributed by atoms with Crippen LogP contribution in [0.1, 0.15) is 45.1 Å². The fourth-order valence-corrected chi connectivity index (χ4v) is 4.54. The SMILES string of the molecule is CCN(CC)C1(C(O)Cc2ccc(Br)cc2Cl)CCCC1. The predicted molar refractivity (Wildman–Crippen MR) is 93.0 cm³/mol. The number of hydrogen-bond acceptors (Lipinski definition) is 2. The van der Waals surface area contributed by atoms with Gasteiger partial charge in [-0.25, -0.2) is 0 Å². The molecular formula is C17H25BrClNO. The van der Waals surface area contributed by atoms with Crippen molar-refractivity contribution in [1.29, 1.82) is 0 Å². The van der Waals surface area contributed by atoms with Crippen molar-refractivity contribution < 1.29 is 5.11 Å². The van der Waals surface area contributed by atoms with E-state index >= 15 is 0 Å². The maximum absolute atomic E-state index is 11.0. The van der Waals surface area contributed by atoms with Crippen molar-refractivity contribution in [2.75, 3.05) is 13.1 Å². The molecule has 0 heterocycles. The zero-order valence-electron chi connectivity index (χ0n) is 12.9. The lowest BCUT2D eigenvalue weighted by Crippen LogP contribution is -2.55. The third-order valence-corrected chi connectivity index (χ3v) is 5.76. The molecule has 1 fully saturated rings. The van der Waals surface area contributed by atoms with E-state index in [4.69, 9.17) is 11.6 Å². The summed E-state index contributed by atoms with van der Waals surface area (Å²) in [5.41, 5.74) is 0.964. The predicted octanol–water partition coefficient (Wildman–Crippen LogP) is 4.66. The molecule has 4 heteroatoms. The molecule has 0 amide bonds. The molecule has 2 nitrogen and oxygen atoms in total. The van der Waals surface area contributed by atoms with Crippen LogP contribution in [0.25, 0.3) is 0 Å². The van der Waals surface area contributed by atoms with Crippen LogP contribution in [0.5, 0.6) is 0 Å². The molecule has 0 aliphatic heterocycles. The van der Waals surface area contributed by atoms with Gasteiger partial charge in [0.2, 0.25) is 0 Å². The van der Waals surface area contributed by atoms with Gasteiger partial charge < -0.3 is 5.11 Å². The molecule has 1 aliphatic rings. The van der Waals surface area contributed by atoms with Crippen LogP contribution >= 0.6 is 27.5 Å². The Balaban J connectivity index is 2.21. The number of likely N-dealkylation sites (N-methyl/N-ethyl adjacent to an activating group) is 1. The Morgan fingerprint density at radius 2 is 1.90 bits per heavy atom. The number of halogens is 2. The van der Waals surface area contributed by atoms with Crippen LogP contribution in [-0.4, -0.2) is 34.7 Å². The van der Waals surface area contributed by atoms with Crippen LogP contribution < -0.4 is 0 Å². The summed E-state index contributed by atoms with van der Waals surface area (Å²) in [6.45, 7) is 6.34. The third-order valence-electron chi connectivity index (χ3n) is 4.91. The number of aliphatic hydroxyl groups excluding tert-OH is 1. The number of rotatable bonds is 6. The highest BCUT2D eigenvalue weighted by atomic mass is 79.9. The summed E-state index contributed by atoms with van der Waals surface area (Å²) in [6.07, 6.45) is 4.86. The van der Waals surface area contributed by atoms with Gasteiger partial charge in [0.15, 0.2) is 0 Å². The molecule has 2 rings (SSSR count). The molecule has 1 unspecified atom stereocenters. The first-order chi connectivity index (χ1) is 10.0. The Kier molecular flexibility index (Phi) is 6.13. The maximum atomic E-state index is 11.0. The molecule has 1 aliphatic carbocycles. The summed E-state index contributed by atoms with van der Waals surface area (Å²) in [7, 11) is 0. The highest BCUT2D eigenvalue weighted by Crippen LogP contribution is 2.39. The molecule has 1 aromatic carbocycles. The molecule has 1 aromatic rings. The average Bonchev–Trinajstić information content (AvgIpc) is 2.94. The van der Waals surface area contributed by atoms with Gasteiger partial charge in [-0.15, -0.1) is 0 Å². The molecule has 1 saturated carbocycles.